The first-order chi connectivity index (χ1) is 3.89. The van der Waals surface area contributed by atoms with Crippen molar-refractivity contribution in [1.82, 2.24) is 0 Å². The molecule has 1 rings (SSSR count). The molecule has 1 aliphatic heterocycles. The predicted octanol–water partition coefficient (Wildman–Crippen LogP) is 2.17. The minimum atomic E-state index is -0.980. The molecule has 0 radical (unpaired) electrons. The molecule has 8 heavy (non-hydrogen) atoms. The molecule has 0 spiro atoms. The van der Waals surface area contributed by atoms with E-state index < -0.39 is 20.1 Å². The fraction of sp³-hybridized carbons (Fsp3) is 0.400. The van der Waals surface area contributed by atoms with Gasteiger partial charge in [-0.1, -0.05) is 0 Å². The van der Waals surface area contributed by atoms with E-state index in [1.165, 1.54) is 0 Å². The van der Waals surface area contributed by atoms with Crippen molar-refractivity contribution in [3.05, 3.63) is 18.0 Å². The molecule has 0 aromatic carbocycles. The van der Waals surface area contributed by atoms with Crippen LogP contribution in [0.5, 0.6) is 0 Å². The molecule has 1 aliphatic rings. The molecule has 44 valence electrons. The molecule has 0 bridgehead atoms. The number of halogens is 1. The molecule has 2 nitrogen and oxygen atoms in total. The quantitative estimate of drug-likeness (QED) is 0.341. The van der Waals surface area contributed by atoms with Crippen molar-refractivity contribution in [2.75, 3.05) is 9.36 Å². The van der Waals surface area contributed by atoms with E-state index in [0.717, 1.165) is 4.43 Å². The van der Waals surface area contributed by atoms with Crippen LogP contribution in [0.15, 0.2) is 26.4 Å². The third-order valence-electron chi connectivity index (χ3n) is 0.723. The zero-order chi connectivity index (χ0) is 5.82. The summed E-state index contributed by atoms with van der Waals surface area (Å²) in [5, 5.41) is 3.78. The zero-order valence-electron chi connectivity index (χ0n) is 4.63. The van der Waals surface area contributed by atoms with E-state index in [4.69, 9.17) is 0 Å². The Hall–Kier alpha value is -0.150. The van der Waals surface area contributed by atoms with Crippen molar-refractivity contribution in [3.63, 3.8) is 0 Å². The summed E-state index contributed by atoms with van der Waals surface area (Å²) in [5.74, 6) is 0. The van der Waals surface area contributed by atoms with Gasteiger partial charge in [-0.05, 0) is 0 Å². The van der Waals surface area contributed by atoms with Crippen LogP contribution in [0.3, 0.4) is 0 Å². The van der Waals surface area contributed by atoms with E-state index in [1.54, 1.807) is 6.20 Å². The van der Waals surface area contributed by atoms with Gasteiger partial charge in [0.2, 0.25) is 0 Å². The van der Waals surface area contributed by atoms with Crippen molar-refractivity contribution in [2.45, 2.75) is 0 Å². The Morgan fingerprint density at radius 3 is 3.50 bits per heavy atom. The molecule has 3 heteroatoms. The van der Waals surface area contributed by atoms with E-state index in [1.807, 2.05) is 6.08 Å². The Labute approximate surface area is 56.1 Å². The topological polar surface area (TPSA) is 24.7 Å². The molecule has 1 heterocycles. The van der Waals surface area contributed by atoms with Gasteiger partial charge < -0.3 is 0 Å². The molecule has 0 amide bonds. The van der Waals surface area contributed by atoms with Crippen LogP contribution in [0.2, 0.25) is 0 Å². The van der Waals surface area contributed by atoms with Crippen LogP contribution in [0.25, 0.3) is 0 Å². The summed E-state index contributed by atoms with van der Waals surface area (Å²) < 4.78 is 5.17. The summed E-state index contributed by atoms with van der Waals surface area (Å²) in [5.41, 5.74) is 2.91. The van der Waals surface area contributed by atoms with Crippen LogP contribution >= 0.6 is 20.1 Å². The first kappa shape index (κ1) is 5.98. The monoisotopic (exact) mass is 222 g/mol. The molecule has 0 aromatic heterocycles. The van der Waals surface area contributed by atoms with Crippen molar-refractivity contribution in [1.29, 1.82) is 0 Å². The van der Waals surface area contributed by atoms with Gasteiger partial charge in [-0.25, -0.2) is 0 Å². The molecule has 0 atom stereocenters. The molecular weight excluding hydrogens is 215 g/mol. The van der Waals surface area contributed by atoms with E-state index in [0.29, 0.717) is 0 Å². The number of hydrogen-bond acceptors (Lipinski definition) is 2. The standard InChI is InChI=1S/C5H7IN2/c1-6-4-2-3-5-7-8-6/h2,5H,4H2,1H3. The van der Waals surface area contributed by atoms with Crippen molar-refractivity contribution < 1.29 is 0 Å². The van der Waals surface area contributed by atoms with Crippen LogP contribution in [0, 0.1) is 0 Å². The van der Waals surface area contributed by atoms with E-state index in [-0.39, 0.29) is 0 Å². The first-order valence-electron chi connectivity index (χ1n) is 2.26. The van der Waals surface area contributed by atoms with Gasteiger partial charge in [0.05, 0.1) is 0 Å². The van der Waals surface area contributed by atoms with Gasteiger partial charge in [0, 0.05) is 0 Å². The number of hydrogen-bond donors (Lipinski definition) is 0. The van der Waals surface area contributed by atoms with Crippen molar-refractivity contribution >= 4 is 20.1 Å². The fourth-order valence-corrected chi connectivity index (χ4v) is 1.99. The molecule has 0 aliphatic carbocycles. The van der Waals surface area contributed by atoms with Gasteiger partial charge in [-0.2, -0.15) is 0 Å². The normalized spacial score (nSPS) is 21.4. The Morgan fingerprint density at radius 1 is 1.75 bits per heavy atom. The molecule has 0 saturated carbocycles. The average Bonchev–Trinajstić information content (AvgIpc) is 1.94. The molecule has 0 aromatic rings. The summed E-state index contributed by atoms with van der Waals surface area (Å²) >= 11 is -0.980. The molecule has 0 saturated heterocycles. The Balaban J connectivity index is 2.66. The van der Waals surface area contributed by atoms with Gasteiger partial charge in [-0.3, -0.25) is 0 Å². The summed E-state index contributed by atoms with van der Waals surface area (Å²) in [6, 6.07) is 0. The van der Waals surface area contributed by atoms with Crippen LogP contribution in [0.1, 0.15) is 0 Å². The summed E-state index contributed by atoms with van der Waals surface area (Å²) in [6.07, 6.45) is 3.64. The number of allylic oxidation sites excluding steroid dienone is 1. The Kier molecular flexibility index (Phi) is 2.24. The summed E-state index contributed by atoms with van der Waals surface area (Å²) in [4.78, 5) is 2.19. The Bertz CT molecular complexity index is 156. The van der Waals surface area contributed by atoms with Crippen LogP contribution in [0.4, 0.5) is 0 Å². The second-order valence-corrected chi connectivity index (χ2v) is 5.89. The van der Waals surface area contributed by atoms with Gasteiger partial charge in [0.1, 0.15) is 0 Å². The van der Waals surface area contributed by atoms with E-state index in [9.17, 15) is 0 Å². The average molecular weight is 222 g/mol. The van der Waals surface area contributed by atoms with Gasteiger partial charge in [0.25, 0.3) is 0 Å². The van der Waals surface area contributed by atoms with Crippen molar-refractivity contribution in [2.24, 2.45) is 8.44 Å². The summed E-state index contributed by atoms with van der Waals surface area (Å²) in [7, 11) is 0. The van der Waals surface area contributed by atoms with E-state index >= 15 is 0 Å². The number of rotatable bonds is 0. The van der Waals surface area contributed by atoms with Gasteiger partial charge in [0.15, 0.2) is 0 Å². The maximum absolute atomic E-state index is 4.06. The Morgan fingerprint density at radius 2 is 2.62 bits per heavy atom. The first-order valence-corrected chi connectivity index (χ1v) is 6.91. The van der Waals surface area contributed by atoms with Crippen molar-refractivity contribution in [3.8, 4) is 0 Å². The second kappa shape index (κ2) is 2.99. The molecule has 0 N–H and O–H groups in total. The van der Waals surface area contributed by atoms with Crippen LogP contribution in [-0.4, -0.2) is 9.36 Å². The van der Waals surface area contributed by atoms with Gasteiger partial charge in [-0.15, -0.1) is 0 Å². The van der Waals surface area contributed by atoms with Gasteiger partial charge >= 0.3 is 55.9 Å². The predicted molar refractivity (Wildman–Crippen MR) is 42.3 cm³/mol. The third kappa shape index (κ3) is 1.76. The van der Waals surface area contributed by atoms with Crippen LogP contribution in [-0.2, 0) is 0 Å². The SMILES string of the molecule is CI1CC=C=CN=N1. The fourth-order valence-electron chi connectivity index (χ4n) is 0.369. The molecule has 0 fully saturated rings. The second-order valence-electron chi connectivity index (χ2n) is 1.40. The van der Waals surface area contributed by atoms with E-state index in [2.05, 4.69) is 19.1 Å². The number of nitrogens with zero attached hydrogens (tertiary/aromatic N) is 2. The molecule has 0 unspecified atom stereocenters. The number of alkyl halides is 2. The van der Waals surface area contributed by atoms with Crippen LogP contribution < -0.4 is 0 Å². The zero-order valence-corrected chi connectivity index (χ0v) is 6.79. The summed E-state index contributed by atoms with van der Waals surface area (Å²) in [6.45, 7) is 0. The molecular formula is C5H7IN2. The maximum atomic E-state index is 4.06. The third-order valence-corrected chi connectivity index (χ3v) is 3.42. The minimum absolute atomic E-state index is 0.980.